The number of carbonyl (C=O) groups excluding carboxylic acids is 1. The Hall–Kier alpha value is -1.71. The number of ether oxygens (including phenoxy) is 2. The molecule has 1 amide bonds. The highest BCUT2D eigenvalue weighted by molar-refractivity contribution is 5.77. The lowest BCUT2D eigenvalue weighted by Crippen LogP contribution is -2.42. The molecule has 1 aromatic rings. The van der Waals surface area contributed by atoms with Crippen molar-refractivity contribution in [2.24, 2.45) is 17.8 Å². The fourth-order valence-electron chi connectivity index (χ4n) is 4.13. The number of fused-ring (bicyclic) bond motifs is 2. The fraction of sp³-hybridized carbons (Fsp3) is 0.611. The van der Waals surface area contributed by atoms with E-state index in [0.29, 0.717) is 11.7 Å². The molecule has 0 unspecified atom stereocenters. The first kappa shape index (κ1) is 15.2. The van der Waals surface area contributed by atoms with Gasteiger partial charge in [0.15, 0.2) is 6.61 Å². The maximum atomic E-state index is 12.1. The lowest BCUT2D eigenvalue weighted by Gasteiger charge is -2.28. The number of nitrogens with one attached hydrogen (secondary N) is 1. The molecule has 22 heavy (non-hydrogen) atoms. The minimum absolute atomic E-state index is 0.0360. The molecule has 2 saturated carbocycles. The standard InChI is InChI=1S/C18H25NO3/c1-12(17-10-13-3-4-14(17)9-13)19-18(20)11-22-16-7-5-15(21-2)6-8-16/h5-8,12-14,17H,3-4,9-11H2,1-2H3,(H,19,20)/t12-,13-,14-,17-/m0/s1. The number of hydrogen-bond donors (Lipinski definition) is 1. The van der Waals surface area contributed by atoms with Crippen molar-refractivity contribution in [1.29, 1.82) is 0 Å². The number of benzene rings is 1. The van der Waals surface area contributed by atoms with Crippen molar-refractivity contribution in [3.05, 3.63) is 24.3 Å². The second kappa shape index (κ2) is 6.59. The van der Waals surface area contributed by atoms with Crippen molar-refractivity contribution in [2.45, 2.75) is 38.6 Å². The summed E-state index contributed by atoms with van der Waals surface area (Å²) in [5.41, 5.74) is 0. The molecule has 0 saturated heterocycles. The molecule has 1 N–H and O–H groups in total. The van der Waals surface area contributed by atoms with E-state index in [1.165, 1.54) is 25.7 Å². The highest BCUT2D eigenvalue weighted by atomic mass is 16.5. The highest BCUT2D eigenvalue weighted by Gasteiger charge is 2.42. The van der Waals surface area contributed by atoms with Gasteiger partial charge in [0.05, 0.1) is 7.11 Å². The van der Waals surface area contributed by atoms with Crippen LogP contribution in [0.1, 0.15) is 32.6 Å². The third-order valence-corrected chi connectivity index (χ3v) is 5.25. The molecule has 4 atom stereocenters. The molecule has 0 heterocycles. The first-order valence-corrected chi connectivity index (χ1v) is 8.22. The van der Waals surface area contributed by atoms with Crippen molar-refractivity contribution in [2.75, 3.05) is 13.7 Å². The molecule has 2 aliphatic carbocycles. The molecule has 2 aliphatic rings. The zero-order valence-corrected chi connectivity index (χ0v) is 13.4. The van der Waals surface area contributed by atoms with Gasteiger partial charge in [0, 0.05) is 6.04 Å². The van der Waals surface area contributed by atoms with Crippen LogP contribution in [0.15, 0.2) is 24.3 Å². The minimum Gasteiger partial charge on any atom is -0.497 e. The van der Waals surface area contributed by atoms with E-state index in [1.54, 1.807) is 7.11 Å². The average Bonchev–Trinajstić information content (AvgIpc) is 3.16. The molecular weight excluding hydrogens is 278 g/mol. The van der Waals surface area contributed by atoms with Crippen LogP contribution >= 0.6 is 0 Å². The van der Waals surface area contributed by atoms with Gasteiger partial charge in [0.2, 0.25) is 0 Å². The van der Waals surface area contributed by atoms with Crippen molar-refractivity contribution in [1.82, 2.24) is 5.32 Å². The number of amides is 1. The minimum atomic E-state index is -0.0360. The first-order chi connectivity index (χ1) is 10.7. The van der Waals surface area contributed by atoms with Crippen LogP contribution in [0.5, 0.6) is 11.5 Å². The third-order valence-electron chi connectivity index (χ3n) is 5.25. The summed E-state index contributed by atoms with van der Waals surface area (Å²) in [5.74, 6) is 3.81. The molecule has 4 nitrogen and oxygen atoms in total. The van der Waals surface area contributed by atoms with Gasteiger partial charge in [-0.2, -0.15) is 0 Å². The molecule has 0 aromatic heterocycles. The van der Waals surface area contributed by atoms with Crippen molar-refractivity contribution < 1.29 is 14.3 Å². The molecule has 1 aromatic carbocycles. The number of carbonyl (C=O) groups is 1. The van der Waals surface area contributed by atoms with E-state index in [0.717, 1.165) is 17.6 Å². The Morgan fingerprint density at radius 1 is 1.23 bits per heavy atom. The first-order valence-electron chi connectivity index (χ1n) is 8.22. The molecule has 120 valence electrons. The second-order valence-corrected chi connectivity index (χ2v) is 6.66. The lowest BCUT2D eigenvalue weighted by atomic mass is 9.84. The quantitative estimate of drug-likeness (QED) is 0.879. The van der Waals surface area contributed by atoms with Gasteiger partial charge in [0.1, 0.15) is 11.5 Å². The summed E-state index contributed by atoms with van der Waals surface area (Å²) in [6, 6.07) is 7.52. The molecule has 0 aliphatic heterocycles. The second-order valence-electron chi connectivity index (χ2n) is 6.66. The van der Waals surface area contributed by atoms with Crippen LogP contribution in [0.25, 0.3) is 0 Å². The van der Waals surface area contributed by atoms with Gasteiger partial charge < -0.3 is 14.8 Å². The average molecular weight is 303 g/mol. The summed E-state index contributed by atoms with van der Waals surface area (Å²) in [6.07, 6.45) is 5.39. The van der Waals surface area contributed by atoms with Crippen molar-refractivity contribution in [3.63, 3.8) is 0 Å². The molecule has 4 heteroatoms. The van der Waals surface area contributed by atoms with Crippen LogP contribution in [0.2, 0.25) is 0 Å². The van der Waals surface area contributed by atoms with Gasteiger partial charge in [-0.05, 0) is 68.2 Å². The maximum Gasteiger partial charge on any atom is 0.258 e. The van der Waals surface area contributed by atoms with Crippen LogP contribution in [-0.4, -0.2) is 25.7 Å². The van der Waals surface area contributed by atoms with Crippen LogP contribution < -0.4 is 14.8 Å². The van der Waals surface area contributed by atoms with Crippen LogP contribution in [-0.2, 0) is 4.79 Å². The van der Waals surface area contributed by atoms with Crippen LogP contribution in [0, 0.1) is 17.8 Å². The summed E-state index contributed by atoms with van der Waals surface area (Å²) in [5, 5.41) is 3.11. The van der Waals surface area contributed by atoms with Gasteiger partial charge in [-0.3, -0.25) is 4.79 Å². The zero-order valence-electron chi connectivity index (χ0n) is 13.4. The summed E-state index contributed by atoms with van der Waals surface area (Å²) < 4.78 is 10.6. The third kappa shape index (κ3) is 3.37. The summed E-state index contributed by atoms with van der Waals surface area (Å²) >= 11 is 0. The Morgan fingerprint density at radius 2 is 1.95 bits per heavy atom. The van der Waals surface area contributed by atoms with E-state index >= 15 is 0 Å². The van der Waals surface area contributed by atoms with Gasteiger partial charge in [-0.15, -0.1) is 0 Å². The molecule has 2 bridgehead atoms. The highest BCUT2D eigenvalue weighted by Crippen LogP contribution is 2.49. The summed E-state index contributed by atoms with van der Waals surface area (Å²) in [7, 11) is 1.63. The molecular formula is C18H25NO3. The predicted octanol–water partition coefficient (Wildman–Crippen LogP) is 3.01. The van der Waals surface area contributed by atoms with Gasteiger partial charge in [-0.25, -0.2) is 0 Å². The topological polar surface area (TPSA) is 47.6 Å². The Kier molecular flexibility index (Phi) is 4.55. The number of hydrogen-bond acceptors (Lipinski definition) is 3. The van der Waals surface area contributed by atoms with E-state index in [4.69, 9.17) is 9.47 Å². The van der Waals surface area contributed by atoms with Crippen molar-refractivity contribution >= 4 is 5.91 Å². The Morgan fingerprint density at radius 3 is 2.55 bits per heavy atom. The van der Waals surface area contributed by atoms with Gasteiger partial charge >= 0.3 is 0 Å². The normalized spacial score (nSPS) is 27.5. The van der Waals surface area contributed by atoms with E-state index in [-0.39, 0.29) is 18.6 Å². The van der Waals surface area contributed by atoms with E-state index in [9.17, 15) is 4.79 Å². The molecule has 2 fully saturated rings. The van der Waals surface area contributed by atoms with Gasteiger partial charge in [0.25, 0.3) is 5.91 Å². The maximum absolute atomic E-state index is 12.1. The van der Waals surface area contributed by atoms with Crippen LogP contribution in [0.3, 0.4) is 0 Å². The predicted molar refractivity (Wildman–Crippen MR) is 85.0 cm³/mol. The lowest BCUT2D eigenvalue weighted by molar-refractivity contribution is -0.124. The smallest absolute Gasteiger partial charge is 0.258 e. The van der Waals surface area contributed by atoms with Crippen LogP contribution in [0.4, 0.5) is 0 Å². The SMILES string of the molecule is COc1ccc(OCC(=O)N[C@@H](C)[C@@H]2C[C@H]3CC[C@H]2C3)cc1. The number of rotatable bonds is 6. The largest absolute Gasteiger partial charge is 0.497 e. The Balaban J connectivity index is 1.43. The number of methoxy groups -OCH3 is 1. The molecule has 3 rings (SSSR count). The molecule has 0 radical (unpaired) electrons. The van der Waals surface area contributed by atoms with E-state index in [2.05, 4.69) is 12.2 Å². The monoisotopic (exact) mass is 303 g/mol. The van der Waals surface area contributed by atoms with E-state index in [1.807, 2.05) is 24.3 Å². The molecule has 0 spiro atoms. The van der Waals surface area contributed by atoms with Gasteiger partial charge in [-0.1, -0.05) is 6.42 Å². The Bertz CT molecular complexity index is 514. The summed E-state index contributed by atoms with van der Waals surface area (Å²) in [6.45, 7) is 2.20. The zero-order chi connectivity index (χ0) is 15.5. The Labute approximate surface area is 132 Å². The fourth-order valence-corrected chi connectivity index (χ4v) is 4.13. The van der Waals surface area contributed by atoms with E-state index < -0.39 is 0 Å². The summed E-state index contributed by atoms with van der Waals surface area (Å²) in [4.78, 5) is 12.1. The van der Waals surface area contributed by atoms with Crippen molar-refractivity contribution in [3.8, 4) is 11.5 Å².